The smallest absolute Gasteiger partial charge is 0.213 e. The van der Waals surface area contributed by atoms with Crippen LogP contribution in [0, 0.1) is 0 Å². The van der Waals surface area contributed by atoms with Gasteiger partial charge in [0.15, 0.2) is 0 Å². The summed E-state index contributed by atoms with van der Waals surface area (Å²) < 4.78 is 5.25. The molecule has 1 aliphatic rings. The lowest BCUT2D eigenvalue weighted by Gasteiger charge is -2.49. The van der Waals surface area contributed by atoms with Crippen molar-refractivity contribution in [1.82, 2.24) is 15.2 Å². The molecule has 1 N–H and O–H groups in total. The van der Waals surface area contributed by atoms with Crippen LogP contribution in [0.5, 0.6) is 5.88 Å². The van der Waals surface area contributed by atoms with Crippen molar-refractivity contribution in [2.24, 2.45) is 0 Å². The minimum atomic E-state index is 0.246. The number of nitrogens with zero attached hydrogens (tertiary/aromatic N) is 2. The van der Waals surface area contributed by atoms with Gasteiger partial charge in [0.05, 0.1) is 12.8 Å². The Bertz CT molecular complexity index is 445. The van der Waals surface area contributed by atoms with Gasteiger partial charge in [0.1, 0.15) is 0 Å². The van der Waals surface area contributed by atoms with Crippen LogP contribution in [0.1, 0.15) is 45.7 Å². The molecule has 21 heavy (non-hydrogen) atoms. The second kappa shape index (κ2) is 7.23. The Hall–Kier alpha value is -1.13. The molecule has 4 nitrogen and oxygen atoms in total. The summed E-state index contributed by atoms with van der Waals surface area (Å²) in [6, 6.07) is 6.62. The van der Waals surface area contributed by atoms with E-state index in [4.69, 9.17) is 4.74 Å². The van der Waals surface area contributed by atoms with E-state index in [-0.39, 0.29) is 5.54 Å². The number of hydrogen-bond acceptors (Lipinski definition) is 4. The van der Waals surface area contributed by atoms with Crippen LogP contribution >= 0.6 is 0 Å². The van der Waals surface area contributed by atoms with Crippen LogP contribution in [0.25, 0.3) is 0 Å². The van der Waals surface area contributed by atoms with Crippen molar-refractivity contribution in [3.05, 3.63) is 23.9 Å². The van der Waals surface area contributed by atoms with Gasteiger partial charge in [-0.1, -0.05) is 26.8 Å². The van der Waals surface area contributed by atoms with Crippen molar-refractivity contribution in [3.8, 4) is 5.88 Å². The average molecular weight is 291 g/mol. The molecule has 0 aliphatic carbocycles. The molecule has 1 atom stereocenters. The Kier molecular flexibility index (Phi) is 5.59. The summed E-state index contributed by atoms with van der Waals surface area (Å²) in [5.74, 6) is 0.702. The Morgan fingerprint density at radius 3 is 2.71 bits per heavy atom. The number of hydrogen-bond donors (Lipinski definition) is 1. The molecule has 1 fully saturated rings. The number of methoxy groups -OCH3 is 1. The maximum Gasteiger partial charge on any atom is 0.213 e. The minimum absolute atomic E-state index is 0.246. The second-order valence-electron chi connectivity index (χ2n) is 5.97. The highest BCUT2D eigenvalue weighted by atomic mass is 16.5. The van der Waals surface area contributed by atoms with E-state index >= 15 is 0 Å². The standard InChI is InChI=1S/C17H29N3O/c1-5-14-11-20(17(6-2,7-3)13-18-14)12-15-9-8-10-16(19-15)21-4/h8-10,14,18H,5-7,11-13H2,1-4H3. The van der Waals surface area contributed by atoms with Crippen LogP contribution in [0.15, 0.2) is 18.2 Å². The summed E-state index contributed by atoms with van der Waals surface area (Å²) in [5.41, 5.74) is 1.34. The van der Waals surface area contributed by atoms with Gasteiger partial charge in [0, 0.05) is 37.3 Å². The lowest BCUT2D eigenvalue weighted by Crippen LogP contribution is -2.63. The molecule has 4 heteroatoms. The summed E-state index contributed by atoms with van der Waals surface area (Å²) >= 11 is 0. The van der Waals surface area contributed by atoms with Gasteiger partial charge in [-0.15, -0.1) is 0 Å². The van der Waals surface area contributed by atoms with Gasteiger partial charge >= 0.3 is 0 Å². The van der Waals surface area contributed by atoms with Crippen LogP contribution in [-0.2, 0) is 6.54 Å². The highest BCUT2D eigenvalue weighted by Crippen LogP contribution is 2.29. The summed E-state index contributed by atoms with van der Waals surface area (Å²) in [6.45, 7) is 9.91. The van der Waals surface area contributed by atoms with Crippen LogP contribution in [0.3, 0.4) is 0 Å². The Morgan fingerprint density at radius 1 is 1.33 bits per heavy atom. The zero-order chi connectivity index (χ0) is 15.3. The van der Waals surface area contributed by atoms with Gasteiger partial charge < -0.3 is 10.1 Å². The van der Waals surface area contributed by atoms with Crippen molar-refractivity contribution in [3.63, 3.8) is 0 Å². The molecule has 0 amide bonds. The van der Waals surface area contributed by atoms with Gasteiger partial charge in [0.2, 0.25) is 5.88 Å². The predicted molar refractivity (Wildman–Crippen MR) is 86.6 cm³/mol. The topological polar surface area (TPSA) is 37.4 Å². The Labute approximate surface area is 128 Å². The van der Waals surface area contributed by atoms with Gasteiger partial charge in [-0.25, -0.2) is 4.98 Å². The fourth-order valence-electron chi connectivity index (χ4n) is 3.28. The molecule has 1 saturated heterocycles. The highest BCUT2D eigenvalue weighted by molar-refractivity contribution is 5.16. The maximum absolute atomic E-state index is 5.25. The minimum Gasteiger partial charge on any atom is -0.481 e. The summed E-state index contributed by atoms with van der Waals surface area (Å²) in [4.78, 5) is 7.21. The van der Waals surface area contributed by atoms with Crippen LogP contribution < -0.4 is 10.1 Å². The third-order valence-corrected chi connectivity index (χ3v) is 4.98. The molecule has 118 valence electrons. The van der Waals surface area contributed by atoms with E-state index in [1.165, 1.54) is 6.42 Å². The van der Waals surface area contributed by atoms with Crippen molar-refractivity contribution in [2.75, 3.05) is 20.2 Å². The van der Waals surface area contributed by atoms with Gasteiger partial charge in [-0.05, 0) is 25.3 Å². The molecule has 2 heterocycles. The number of piperazine rings is 1. The number of pyridine rings is 1. The second-order valence-corrected chi connectivity index (χ2v) is 5.97. The Morgan fingerprint density at radius 2 is 2.10 bits per heavy atom. The predicted octanol–water partition coefficient (Wildman–Crippen LogP) is 2.83. The average Bonchev–Trinajstić information content (AvgIpc) is 2.55. The number of rotatable bonds is 6. The molecule has 1 unspecified atom stereocenters. The van der Waals surface area contributed by atoms with Crippen LogP contribution in [-0.4, -0.2) is 41.7 Å². The monoisotopic (exact) mass is 291 g/mol. The van der Waals surface area contributed by atoms with Crippen molar-refractivity contribution in [2.45, 2.75) is 58.2 Å². The maximum atomic E-state index is 5.25. The third kappa shape index (κ3) is 3.55. The van der Waals surface area contributed by atoms with Crippen LogP contribution in [0.4, 0.5) is 0 Å². The normalized spacial score (nSPS) is 22.2. The van der Waals surface area contributed by atoms with E-state index in [2.05, 4.69) is 42.0 Å². The lowest BCUT2D eigenvalue weighted by molar-refractivity contribution is 0.0227. The van der Waals surface area contributed by atoms with E-state index in [1.54, 1.807) is 7.11 Å². The Balaban J connectivity index is 2.18. The van der Waals surface area contributed by atoms with Gasteiger partial charge in [-0.2, -0.15) is 0 Å². The van der Waals surface area contributed by atoms with Gasteiger partial charge in [0.25, 0.3) is 0 Å². The first-order valence-electron chi connectivity index (χ1n) is 8.15. The number of nitrogens with one attached hydrogen (secondary N) is 1. The number of aromatic nitrogens is 1. The van der Waals surface area contributed by atoms with E-state index in [0.717, 1.165) is 38.2 Å². The quantitative estimate of drug-likeness (QED) is 0.874. The SMILES string of the molecule is CCC1CN(Cc2cccc(OC)n2)C(CC)(CC)CN1. The molecule has 1 aromatic heterocycles. The third-order valence-electron chi connectivity index (χ3n) is 4.98. The fourth-order valence-corrected chi connectivity index (χ4v) is 3.28. The van der Waals surface area contributed by atoms with Gasteiger partial charge in [-0.3, -0.25) is 4.90 Å². The molecule has 0 spiro atoms. The first-order valence-corrected chi connectivity index (χ1v) is 8.15. The molecule has 1 aromatic rings. The molecule has 0 radical (unpaired) electrons. The molecule has 0 saturated carbocycles. The fraction of sp³-hybridized carbons (Fsp3) is 0.706. The van der Waals surface area contributed by atoms with Crippen LogP contribution in [0.2, 0.25) is 0 Å². The molecule has 0 aromatic carbocycles. The van der Waals surface area contributed by atoms with Crippen molar-refractivity contribution in [1.29, 1.82) is 0 Å². The summed E-state index contributed by atoms with van der Waals surface area (Å²) in [7, 11) is 1.67. The molecule has 2 rings (SSSR count). The largest absolute Gasteiger partial charge is 0.481 e. The molecule has 1 aliphatic heterocycles. The molecular formula is C17H29N3O. The number of ether oxygens (including phenoxy) is 1. The highest BCUT2D eigenvalue weighted by Gasteiger charge is 2.38. The zero-order valence-corrected chi connectivity index (χ0v) is 13.9. The summed E-state index contributed by atoms with van der Waals surface area (Å²) in [5, 5.41) is 3.71. The molecule has 0 bridgehead atoms. The summed E-state index contributed by atoms with van der Waals surface area (Å²) in [6.07, 6.45) is 3.50. The van der Waals surface area contributed by atoms with E-state index in [0.29, 0.717) is 11.9 Å². The van der Waals surface area contributed by atoms with E-state index in [1.807, 2.05) is 12.1 Å². The van der Waals surface area contributed by atoms with Crippen molar-refractivity contribution >= 4 is 0 Å². The van der Waals surface area contributed by atoms with Crippen molar-refractivity contribution < 1.29 is 4.74 Å². The first-order chi connectivity index (χ1) is 10.2. The zero-order valence-electron chi connectivity index (χ0n) is 13.9. The first kappa shape index (κ1) is 16.2. The lowest BCUT2D eigenvalue weighted by atomic mass is 9.86. The van der Waals surface area contributed by atoms with E-state index < -0.39 is 0 Å². The van der Waals surface area contributed by atoms with E-state index in [9.17, 15) is 0 Å². The molecular weight excluding hydrogens is 262 g/mol.